The Morgan fingerprint density at radius 1 is 1.40 bits per heavy atom. The van der Waals surface area contributed by atoms with Crippen LogP contribution in [0, 0.1) is 22.6 Å². The number of carbonyl (C=O) groups is 1. The molecule has 1 rings (SSSR count). The van der Waals surface area contributed by atoms with Crippen molar-refractivity contribution >= 4 is 18.1 Å². The van der Waals surface area contributed by atoms with Gasteiger partial charge in [-0.05, 0) is 35.6 Å². The molecule has 0 fully saturated rings. The molecule has 110 valence electrons. The maximum atomic E-state index is 12.9. The van der Waals surface area contributed by atoms with Crippen LogP contribution in [0.5, 0.6) is 0 Å². The molecule has 1 atom stereocenters. The average molecular weight is 279 g/mol. The van der Waals surface area contributed by atoms with Crippen molar-refractivity contribution in [3.8, 4) is 0 Å². The van der Waals surface area contributed by atoms with Crippen LogP contribution >= 0.6 is 0 Å². The maximum absolute atomic E-state index is 12.9. The number of amides is 2. The molecule has 2 amide bonds. The molecule has 0 bridgehead atoms. The van der Waals surface area contributed by atoms with Crippen molar-refractivity contribution in [2.45, 2.75) is 27.7 Å². The van der Waals surface area contributed by atoms with E-state index in [0.717, 1.165) is 11.2 Å². The third kappa shape index (κ3) is 4.33. The van der Waals surface area contributed by atoms with Gasteiger partial charge in [-0.3, -0.25) is 10.3 Å². The van der Waals surface area contributed by atoms with Gasteiger partial charge in [0.15, 0.2) is 0 Å². The first-order valence-corrected chi connectivity index (χ1v) is 6.59. The molecular formula is C15H22FN3O. The van der Waals surface area contributed by atoms with Crippen molar-refractivity contribution in [1.29, 1.82) is 5.41 Å². The lowest BCUT2D eigenvalue weighted by molar-refractivity contribution is 0.231. The summed E-state index contributed by atoms with van der Waals surface area (Å²) in [5.74, 6) is -0.0762. The first-order valence-electron chi connectivity index (χ1n) is 6.59. The van der Waals surface area contributed by atoms with Gasteiger partial charge in [0, 0.05) is 6.54 Å². The van der Waals surface area contributed by atoms with Gasteiger partial charge in [0.05, 0.1) is 12.0 Å². The van der Waals surface area contributed by atoms with Crippen LogP contribution in [0.15, 0.2) is 24.3 Å². The highest BCUT2D eigenvalue weighted by molar-refractivity contribution is 6.06. The van der Waals surface area contributed by atoms with E-state index in [2.05, 4.69) is 33.0 Å². The molecule has 1 aromatic rings. The van der Waals surface area contributed by atoms with Gasteiger partial charge < -0.3 is 5.32 Å². The summed E-state index contributed by atoms with van der Waals surface area (Å²) < 4.78 is 12.9. The predicted molar refractivity (Wildman–Crippen MR) is 79.7 cm³/mol. The van der Waals surface area contributed by atoms with Crippen LogP contribution in [0.2, 0.25) is 0 Å². The largest absolute Gasteiger partial charge is 0.337 e. The second kappa shape index (κ2) is 6.50. The van der Waals surface area contributed by atoms with Gasteiger partial charge in [0.25, 0.3) is 0 Å². The lowest BCUT2D eigenvalue weighted by Gasteiger charge is -2.28. The fraction of sp³-hybridized carbons (Fsp3) is 0.467. The minimum Gasteiger partial charge on any atom is -0.337 e. The van der Waals surface area contributed by atoms with Crippen LogP contribution in [0.4, 0.5) is 14.9 Å². The molecule has 20 heavy (non-hydrogen) atoms. The van der Waals surface area contributed by atoms with Crippen LogP contribution < -0.4 is 10.2 Å². The van der Waals surface area contributed by atoms with Gasteiger partial charge in [0.1, 0.15) is 5.82 Å². The molecule has 4 nitrogen and oxygen atoms in total. The molecule has 1 aromatic carbocycles. The number of anilines is 1. The standard InChI is InChI=1S/C15H22FN3O/c1-11(15(2,3)4)9-18-14(20)19(10-17)13-7-5-12(16)6-8-13/h5-8,10-11,17H,9H2,1-4H3,(H,18,20). The molecule has 0 saturated heterocycles. The molecular weight excluding hydrogens is 257 g/mol. The number of nitrogens with zero attached hydrogens (tertiary/aromatic N) is 1. The number of urea groups is 1. The van der Waals surface area contributed by atoms with Crippen molar-refractivity contribution in [2.75, 3.05) is 11.4 Å². The van der Waals surface area contributed by atoms with E-state index in [4.69, 9.17) is 5.41 Å². The second-order valence-electron chi connectivity index (χ2n) is 5.93. The molecule has 0 spiro atoms. The topological polar surface area (TPSA) is 56.2 Å². The zero-order valence-corrected chi connectivity index (χ0v) is 12.4. The molecule has 0 aliphatic rings. The lowest BCUT2D eigenvalue weighted by atomic mass is 9.82. The molecule has 0 radical (unpaired) electrons. The Balaban J connectivity index is 2.69. The predicted octanol–water partition coefficient (Wildman–Crippen LogP) is 3.63. The number of rotatable bonds is 4. The number of hydrogen-bond donors (Lipinski definition) is 2. The summed E-state index contributed by atoms with van der Waals surface area (Å²) in [6.45, 7) is 8.91. The van der Waals surface area contributed by atoms with Gasteiger partial charge in [-0.15, -0.1) is 0 Å². The molecule has 1 unspecified atom stereocenters. The number of benzene rings is 1. The van der Waals surface area contributed by atoms with E-state index in [0.29, 0.717) is 18.2 Å². The first-order chi connectivity index (χ1) is 9.25. The zero-order chi connectivity index (χ0) is 15.3. The van der Waals surface area contributed by atoms with Gasteiger partial charge in [-0.25, -0.2) is 9.18 Å². The Morgan fingerprint density at radius 2 is 1.95 bits per heavy atom. The smallest absolute Gasteiger partial charge is 0.327 e. The van der Waals surface area contributed by atoms with Crippen LogP contribution in [0.3, 0.4) is 0 Å². The second-order valence-corrected chi connectivity index (χ2v) is 5.93. The van der Waals surface area contributed by atoms with E-state index in [-0.39, 0.29) is 17.3 Å². The first kappa shape index (κ1) is 16.1. The summed E-state index contributed by atoms with van der Waals surface area (Å²) in [6.07, 6.45) is 0.921. The van der Waals surface area contributed by atoms with Crippen LogP contribution in [-0.4, -0.2) is 18.9 Å². The van der Waals surface area contributed by atoms with Crippen LogP contribution in [0.1, 0.15) is 27.7 Å². The SMILES string of the molecule is CC(CNC(=O)N(C=N)c1ccc(F)cc1)C(C)(C)C. The maximum Gasteiger partial charge on any atom is 0.327 e. The van der Waals surface area contributed by atoms with Gasteiger partial charge in [0.2, 0.25) is 0 Å². The highest BCUT2D eigenvalue weighted by Gasteiger charge is 2.21. The number of nitrogens with one attached hydrogen (secondary N) is 2. The molecule has 2 N–H and O–H groups in total. The van der Waals surface area contributed by atoms with Gasteiger partial charge in [-0.2, -0.15) is 0 Å². The summed E-state index contributed by atoms with van der Waals surface area (Å²) >= 11 is 0. The van der Waals surface area contributed by atoms with Crippen molar-refractivity contribution in [1.82, 2.24) is 5.32 Å². The Kier molecular flexibility index (Phi) is 5.25. The zero-order valence-electron chi connectivity index (χ0n) is 12.4. The summed E-state index contributed by atoms with van der Waals surface area (Å²) in [4.78, 5) is 13.2. The van der Waals surface area contributed by atoms with E-state index < -0.39 is 0 Å². The molecule has 0 heterocycles. The quantitative estimate of drug-likeness (QED) is 0.641. The normalized spacial score (nSPS) is 12.7. The monoisotopic (exact) mass is 279 g/mol. The Hall–Kier alpha value is -1.91. The van der Waals surface area contributed by atoms with Crippen LogP contribution in [-0.2, 0) is 0 Å². The summed E-state index contributed by atoms with van der Waals surface area (Å²) in [5.41, 5.74) is 0.556. The average Bonchev–Trinajstić information content (AvgIpc) is 2.37. The lowest BCUT2D eigenvalue weighted by Crippen LogP contribution is -2.42. The number of hydrogen-bond acceptors (Lipinski definition) is 2. The highest BCUT2D eigenvalue weighted by atomic mass is 19.1. The van der Waals surface area contributed by atoms with Gasteiger partial charge >= 0.3 is 6.03 Å². The van der Waals surface area contributed by atoms with Crippen LogP contribution in [0.25, 0.3) is 0 Å². The molecule has 0 aromatic heterocycles. The number of carbonyl (C=O) groups excluding carboxylic acids is 1. The highest BCUT2D eigenvalue weighted by Crippen LogP contribution is 2.24. The van der Waals surface area contributed by atoms with Crippen molar-refractivity contribution < 1.29 is 9.18 Å². The molecule has 0 aliphatic heterocycles. The summed E-state index contributed by atoms with van der Waals surface area (Å²) in [7, 11) is 0. The summed E-state index contributed by atoms with van der Waals surface area (Å²) in [5, 5.41) is 10.1. The Bertz CT molecular complexity index is 465. The van der Waals surface area contributed by atoms with Crippen molar-refractivity contribution in [3.05, 3.63) is 30.1 Å². The van der Waals surface area contributed by atoms with Gasteiger partial charge in [-0.1, -0.05) is 27.7 Å². The minimum atomic E-state index is -0.386. The van der Waals surface area contributed by atoms with E-state index in [9.17, 15) is 9.18 Å². The minimum absolute atomic E-state index is 0.0959. The summed E-state index contributed by atoms with van der Waals surface area (Å²) in [6, 6.07) is 5.07. The Labute approximate surface area is 119 Å². The molecule has 0 saturated carbocycles. The fourth-order valence-corrected chi connectivity index (χ4v) is 1.48. The molecule has 0 aliphatic carbocycles. The van der Waals surface area contributed by atoms with E-state index in [1.807, 2.05) is 0 Å². The number of halogens is 1. The molecule has 5 heteroatoms. The Morgan fingerprint density at radius 3 is 2.40 bits per heavy atom. The van der Waals surface area contributed by atoms with Crippen molar-refractivity contribution in [2.24, 2.45) is 11.3 Å². The van der Waals surface area contributed by atoms with Crippen molar-refractivity contribution in [3.63, 3.8) is 0 Å². The van der Waals surface area contributed by atoms with E-state index in [1.54, 1.807) is 0 Å². The fourth-order valence-electron chi connectivity index (χ4n) is 1.48. The van der Waals surface area contributed by atoms with E-state index in [1.165, 1.54) is 24.3 Å². The van der Waals surface area contributed by atoms with E-state index >= 15 is 0 Å². The third-order valence-corrected chi connectivity index (χ3v) is 3.49. The third-order valence-electron chi connectivity index (χ3n) is 3.49.